The van der Waals surface area contributed by atoms with Crippen molar-refractivity contribution in [1.29, 1.82) is 0 Å². The lowest BCUT2D eigenvalue weighted by Crippen LogP contribution is -2.25. The summed E-state index contributed by atoms with van der Waals surface area (Å²) in [5, 5.41) is 3.84. The number of sulfonamides is 1. The lowest BCUT2D eigenvalue weighted by molar-refractivity contribution is 0.563. The summed E-state index contributed by atoms with van der Waals surface area (Å²) in [6.45, 7) is 0.157. The Kier molecular flexibility index (Phi) is 3.79. The summed E-state index contributed by atoms with van der Waals surface area (Å²) in [5.74, 6) is 0. The maximum Gasteiger partial charge on any atom is 0.259 e. The van der Waals surface area contributed by atoms with Gasteiger partial charge in [0.1, 0.15) is 0 Å². The van der Waals surface area contributed by atoms with Gasteiger partial charge in [0.2, 0.25) is 0 Å². The van der Waals surface area contributed by atoms with Crippen molar-refractivity contribution in [3.8, 4) is 0 Å². The first-order valence-electron chi connectivity index (χ1n) is 5.42. The number of hydrogen-bond acceptors (Lipinski definition) is 4. The van der Waals surface area contributed by atoms with Crippen LogP contribution in [-0.4, -0.2) is 18.2 Å². The quantitative estimate of drug-likeness (QED) is 0.828. The van der Waals surface area contributed by atoms with Gasteiger partial charge in [-0.05, 0) is 17.7 Å². The molecule has 0 unspecified atom stereocenters. The molecule has 6 nitrogen and oxygen atoms in total. The van der Waals surface area contributed by atoms with Gasteiger partial charge >= 0.3 is 0 Å². The molecule has 1 aromatic heterocycles. The van der Waals surface area contributed by atoms with Gasteiger partial charge in [-0.25, -0.2) is 13.1 Å². The molecule has 0 saturated heterocycles. The van der Waals surface area contributed by atoms with Gasteiger partial charge in [0, 0.05) is 19.3 Å². The van der Waals surface area contributed by atoms with Crippen molar-refractivity contribution in [1.82, 2.24) is 14.5 Å². The van der Waals surface area contributed by atoms with E-state index in [0.29, 0.717) is 5.69 Å². The fourth-order valence-electron chi connectivity index (χ4n) is 1.58. The molecule has 0 atom stereocenters. The molecular formula is C11H13ClN4O2S. The van der Waals surface area contributed by atoms with Crippen LogP contribution in [0.4, 0.5) is 5.69 Å². The molecule has 0 aliphatic carbocycles. The van der Waals surface area contributed by atoms with Crippen molar-refractivity contribution in [2.75, 3.05) is 5.73 Å². The summed E-state index contributed by atoms with van der Waals surface area (Å²) in [7, 11) is -2.18. The average molecular weight is 301 g/mol. The lowest BCUT2D eigenvalue weighted by Gasteiger charge is -2.07. The van der Waals surface area contributed by atoms with Gasteiger partial charge in [-0.1, -0.05) is 23.7 Å². The van der Waals surface area contributed by atoms with Gasteiger partial charge in [-0.15, -0.1) is 0 Å². The number of anilines is 1. The molecule has 2 rings (SSSR count). The molecule has 0 radical (unpaired) electrons. The fraction of sp³-hybridized carbons (Fsp3) is 0.182. The largest absolute Gasteiger partial charge is 0.399 e. The van der Waals surface area contributed by atoms with Crippen molar-refractivity contribution in [2.45, 2.75) is 11.6 Å². The minimum absolute atomic E-state index is 0.0513. The SMILES string of the molecule is Cn1ncc(Cl)c1S(=O)(=O)NCc1ccc(N)cc1. The van der Waals surface area contributed by atoms with Crippen molar-refractivity contribution < 1.29 is 8.42 Å². The number of nitrogens with two attached hydrogens (primary N) is 1. The summed E-state index contributed by atoms with van der Waals surface area (Å²) in [4.78, 5) is 0. The maximum absolute atomic E-state index is 12.1. The summed E-state index contributed by atoms with van der Waals surface area (Å²) in [6.07, 6.45) is 1.29. The molecule has 0 fully saturated rings. The van der Waals surface area contributed by atoms with E-state index in [9.17, 15) is 8.42 Å². The number of rotatable bonds is 4. The van der Waals surface area contributed by atoms with E-state index >= 15 is 0 Å². The highest BCUT2D eigenvalue weighted by molar-refractivity contribution is 7.89. The number of aryl methyl sites for hydroxylation is 1. The predicted molar refractivity (Wildman–Crippen MR) is 73.1 cm³/mol. The second kappa shape index (κ2) is 5.20. The van der Waals surface area contributed by atoms with Crippen LogP contribution in [0.1, 0.15) is 5.56 Å². The number of nitrogens with one attached hydrogen (secondary N) is 1. The number of hydrogen-bond donors (Lipinski definition) is 2. The molecule has 2 aromatic rings. The predicted octanol–water partition coefficient (Wildman–Crippen LogP) is 1.13. The zero-order chi connectivity index (χ0) is 14.0. The highest BCUT2D eigenvalue weighted by Crippen LogP contribution is 2.19. The minimum atomic E-state index is -3.70. The Morgan fingerprint density at radius 1 is 1.37 bits per heavy atom. The van der Waals surface area contributed by atoms with E-state index in [1.807, 2.05) is 0 Å². The van der Waals surface area contributed by atoms with E-state index in [2.05, 4.69) is 9.82 Å². The minimum Gasteiger partial charge on any atom is -0.399 e. The monoisotopic (exact) mass is 300 g/mol. The molecule has 0 aliphatic rings. The van der Waals surface area contributed by atoms with Crippen molar-refractivity contribution in [3.63, 3.8) is 0 Å². The van der Waals surface area contributed by atoms with Crippen LogP contribution in [-0.2, 0) is 23.6 Å². The van der Waals surface area contributed by atoms with Gasteiger partial charge < -0.3 is 5.73 Å². The Bertz CT molecular complexity index is 660. The highest BCUT2D eigenvalue weighted by atomic mass is 35.5. The molecule has 102 valence electrons. The van der Waals surface area contributed by atoms with Gasteiger partial charge in [0.15, 0.2) is 5.03 Å². The Morgan fingerprint density at radius 3 is 2.53 bits per heavy atom. The molecular weight excluding hydrogens is 288 g/mol. The third-order valence-electron chi connectivity index (χ3n) is 2.54. The van der Waals surface area contributed by atoms with E-state index in [1.54, 1.807) is 24.3 Å². The van der Waals surface area contributed by atoms with Gasteiger partial charge in [-0.3, -0.25) is 4.68 Å². The smallest absolute Gasteiger partial charge is 0.259 e. The number of aromatic nitrogens is 2. The number of nitrogens with zero attached hydrogens (tertiary/aromatic N) is 2. The molecule has 3 N–H and O–H groups in total. The number of nitrogen functional groups attached to an aromatic ring is 1. The standard InChI is InChI=1S/C11H13ClN4O2S/c1-16-11(10(12)7-14-16)19(17,18)15-6-8-2-4-9(13)5-3-8/h2-5,7,15H,6,13H2,1H3. The zero-order valence-electron chi connectivity index (χ0n) is 10.2. The third-order valence-corrected chi connectivity index (χ3v) is 4.45. The Morgan fingerprint density at radius 2 is 2.00 bits per heavy atom. The van der Waals surface area contributed by atoms with E-state index in [-0.39, 0.29) is 16.6 Å². The van der Waals surface area contributed by atoms with Crippen LogP contribution in [0.3, 0.4) is 0 Å². The van der Waals surface area contributed by atoms with Crippen LogP contribution < -0.4 is 10.5 Å². The fourth-order valence-corrected chi connectivity index (χ4v) is 3.25. The maximum atomic E-state index is 12.1. The summed E-state index contributed by atoms with van der Waals surface area (Å²) >= 11 is 5.81. The van der Waals surface area contributed by atoms with Crippen LogP contribution in [0.15, 0.2) is 35.5 Å². The summed E-state index contributed by atoms with van der Waals surface area (Å²) < 4.78 is 27.9. The van der Waals surface area contributed by atoms with Gasteiger partial charge in [0.05, 0.1) is 11.2 Å². The summed E-state index contributed by atoms with van der Waals surface area (Å²) in [6, 6.07) is 6.92. The van der Waals surface area contributed by atoms with E-state index in [1.165, 1.54) is 17.9 Å². The van der Waals surface area contributed by atoms with E-state index < -0.39 is 10.0 Å². The molecule has 0 saturated carbocycles. The van der Waals surface area contributed by atoms with Crippen molar-refractivity contribution in [2.24, 2.45) is 7.05 Å². The Hall–Kier alpha value is -1.57. The molecule has 0 spiro atoms. The second-order valence-corrected chi connectivity index (χ2v) is 6.08. The summed E-state index contributed by atoms with van der Waals surface area (Å²) in [5.41, 5.74) is 6.99. The van der Waals surface area contributed by atoms with Gasteiger partial charge in [0.25, 0.3) is 10.0 Å². The van der Waals surface area contributed by atoms with Crippen LogP contribution in [0, 0.1) is 0 Å². The average Bonchev–Trinajstić information content (AvgIpc) is 2.69. The van der Waals surface area contributed by atoms with E-state index in [4.69, 9.17) is 17.3 Å². The molecule has 8 heteroatoms. The van der Waals surface area contributed by atoms with Gasteiger partial charge in [-0.2, -0.15) is 5.10 Å². The van der Waals surface area contributed by atoms with Crippen LogP contribution in [0.25, 0.3) is 0 Å². The first-order chi connectivity index (χ1) is 8.90. The zero-order valence-corrected chi connectivity index (χ0v) is 11.7. The molecule has 19 heavy (non-hydrogen) atoms. The first-order valence-corrected chi connectivity index (χ1v) is 7.28. The van der Waals surface area contributed by atoms with E-state index in [0.717, 1.165) is 5.56 Å². The van der Waals surface area contributed by atoms with Crippen LogP contribution in [0.2, 0.25) is 5.02 Å². The topological polar surface area (TPSA) is 90.0 Å². The molecule has 0 bridgehead atoms. The molecule has 1 aromatic carbocycles. The molecule has 0 amide bonds. The second-order valence-electron chi connectivity index (χ2n) is 3.99. The van der Waals surface area contributed by atoms with Crippen molar-refractivity contribution in [3.05, 3.63) is 41.0 Å². The normalized spacial score (nSPS) is 11.7. The van der Waals surface area contributed by atoms with Crippen LogP contribution >= 0.6 is 11.6 Å². The van der Waals surface area contributed by atoms with Crippen LogP contribution in [0.5, 0.6) is 0 Å². The molecule has 1 heterocycles. The first kappa shape index (κ1) is 13.9. The van der Waals surface area contributed by atoms with Crippen molar-refractivity contribution >= 4 is 27.3 Å². The third kappa shape index (κ3) is 3.06. The highest BCUT2D eigenvalue weighted by Gasteiger charge is 2.22. The number of halogens is 1. The Balaban J connectivity index is 2.17. The number of benzene rings is 1. The Labute approximate surface area is 116 Å². The molecule has 0 aliphatic heterocycles. The lowest BCUT2D eigenvalue weighted by atomic mass is 10.2.